The Morgan fingerprint density at radius 2 is 1.76 bits per heavy atom. The van der Waals surface area contributed by atoms with Crippen LogP contribution in [0, 0.1) is 10.1 Å². The summed E-state index contributed by atoms with van der Waals surface area (Å²) in [5.74, 6) is -0.0891. The molecular formula is C14H20N4O3. The Hall–Kier alpha value is -1.99. The lowest BCUT2D eigenvalue weighted by Gasteiger charge is -2.33. The van der Waals surface area contributed by atoms with Crippen molar-refractivity contribution < 1.29 is 9.72 Å². The Balaban J connectivity index is 1.80. The van der Waals surface area contributed by atoms with E-state index in [0.717, 1.165) is 32.7 Å². The zero-order valence-electron chi connectivity index (χ0n) is 12.1. The van der Waals surface area contributed by atoms with Gasteiger partial charge >= 0.3 is 0 Å². The quantitative estimate of drug-likeness (QED) is 0.651. The maximum absolute atomic E-state index is 12.0. The van der Waals surface area contributed by atoms with E-state index in [0.29, 0.717) is 12.2 Å². The van der Waals surface area contributed by atoms with Crippen molar-refractivity contribution >= 4 is 17.3 Å². The molecular weight excluding hydrogens is 272 g/mol. The van der Waals surface area contributed by atoms with Gasteiger partial charge < -0.3 is 10.2 Å². The highest BCUT2D eigenvalue weighted by molar-refractivity contribution is 5.92. The molecule has 7 nitrogen and oxygen atoms in total. The molecule has 0 aliphatic carbocycles. The third-order valence-electron chi connectivity index (χ3n) is 3.64. The summed E-state index contributed by atoms with van der Waals surface area (Å²) in [7, 11) is 0. The van der Waals surface area contributed by atoms with E-state index in [2.05, 4.69) is 22.0 Å². The molecule has 0 radical (unpaired) electrons. The van der Waals surface area contributed by atoms with Gasteiger partial charge in [0.25, 0.3) is 5.69 Å². The number of benzene rings is 1. The van der Waals surface area contributed by atoms with E-state index in [-0.39, 0.29) is 11.6 Å². The van der Waals surface area contributed by atoms with Crippen LogP contribution < -0.4 is 5.32 Å². The number of nitrogens with zero attached hydrogens (tertiary/aromatic N) is 3. The van der Waals surface area contributed by atoms with Crippen molar-refractivity contribution in [3.05, 3.63) is 34.4 Å². The molecule has 1 fully saturated rings. The zero-order chi connectivity index (χ0) is 15.2. The van der Waals surface area contributed by atoms with E-state index in [1.807, 2.05) is 0 Å². The van der Waals surface area contributed by atoms with Crippen LogP contribution >= 0.6 is 0 Å². The molecule has 1 aromatic carbocycles. The number of piperazine rings is 1. The molecule has 1 saturated heterocycles. The number of non-ortho nitro benzene ring substituents is 1. The number of carbonyl (C=O) groups excluding carboxylic acids is 1. The number of carbonyl (C=O) groups is 1. The molecule has 1 aromatic rings. The van der Waals surface area contributed by atoms with Crippen LogP contribution in [0.5, 0.6) is 0 Å². The lowest BCUT2D eigenvalue weighted by atomic mass is 10.2. The predicted molar refractivity (Wildman–Crippen MR) is 80.3 cm³/mol. The molecule has 0 saturated carbocycles. The molecule has 0 unspecified atom stereocenters. The van der Waals surface area contributed by atoms with Gasteiger partial charge in [-0.3, -0.25) is 19.8 Å². The average molecular weight is 292 g/mol. The molecule has 0 aromatic heterocycles. The second-order valence-corrected chi connectivity index (χ2v) is 5.06. The fourth-order valence-electron chi connectivity index (χ4n) is 2.33. The largest absolute Gasteiger partial charge is 0.325 e. The summed E-state index contributed by atoms with van der Waals surface area (Å²) in [6.45, 7) is 7.29. The highest BCUT2D eigenvalue weighted by Crippen LogP contribution is 2.15. The number of nitro groups is 1. The summed E-state index contributed by atoms with van der Waals surface area (Å²) in [5, 5.41) is 13.3. The lowest BCUT2D eigenvalue weighted by Crippen LogP contribution is -2.48. The van der Waals surface area contributed by atoms with Gasteiger partial charge in [0.2, 0.25) is 5.91 Å². The number of likely N-dealkylation sites (N-methyl/N-ethyl adjacent to an activating group) is 1. The number of rotatable bonds is 5. The maximum atomic E-state index is 12.0. The molecule has 1 aliphatic heterocycles. The van der Waals surface area contributed by atoms with Crippen LogP contribution in [-0.4, -0.2) is 59.9 Å². The molecule has 0 spiro atoms. The number of nitrogens with one attached hydrogen (secondary N) is 1. The Bertz CT molecular complexity index is 495. The summed E-state index contributed by atoms with van der Waals surface area (Å²) < 4.78 is 0. The fourth-order valence-corrected chi connectivity index (χ4v) is 2.33. The van der Waals surface area contributed by atoms with Gasteiger partial charge in [0, 0.05) is 44.0 Å². The normalized spacial score (nSPS) is 16.6. The van der Waals surface area contributed by atoms with Crippen molar-refractivity contribution in [3.8, 4) is 0 Å². The molecule has 1 amide bonds. The molecule has 2 rings (SSSR count). The highest BCUT2D eigenvalue weighted by Gasteiger charge is 2.17. The minimum absolute atomic E-state index is 0.0173. The van der Waals surface area contributed by atoms with Gasteiger partial charge in [0.1, 0.15) is 0 Å². The summed E-state index contributed by atoms with van der Waals surface area (Å²) in [5.41, 5.74) is 0.599. The van der Waals surface area contributed by atoms with Gasteiger partial charge in [0.15, 0.2) is 0 Å². The van der Waals surface area contributed by atoms with Gasteiger partial charge in [-0.1, -0.05) is 6.92 Å². The zero-order valence-corrected chi connectivity index (χ0v) is 12.1. The molecule has 114 valence electrons. The van der Waals surface area contributed by atoms with Crippen LogP contribution in [0.4, 0.5) is 11.4 Å². The van der Waals surface area contributed by atoms with Gasteiger partial charge in [-0.2, -0.15) is 0 Å². The smallest absolute Gasteiger partial charge is 0.269 e. The first-order chi connectivity index (χ1) is 10.1. The van der Waals surface area contributed by atoms with Crippen LogP contribution in [0.15, 0.2) is 24.3 Å². The average Bonchev–Trinajstić information content (AvgIpc) is 2.48. The first-order valence-corrected chi connectivity index (χ1v) is 7.07. The third kappa shape index (κ3) is 4.51. The number of amides is 1. The minimum atomic E-state index is -0.460. The van der Waals surface area contributed by atoms with E-state index in [1.165, 1.54) is 12.1 Å². The van der Waals surface area contributed by atoms with Crippen LogP contribution in [0.25, 0.3) is 0 Å². The Morgan fingerprint density at radius 3 is 2.29 bits per heavy atom. The number of nitro benzene ring substituents is 1. The van der Waals surface area contributed by atoms with Crippen LogP contribution in [0.1, 0.15) is 6.92 Å². The van der Waals surface area contributed by atoms with Crippen LogP contribution in [0.2, 0.25) is 0 Å². The molecule has 0 atom stereocenters. The molecule has 7 heteroatoms. The molecule has 0 bridgehead atoms. The van der Waals surface area contributed by atoms with Crippen LogP contribution in [0.3, 0.4) is 0 Å². The summed E-state index contributed by atoms with van der Waals surface area (Å²) in [4.78, 5) is 26.5. The highest BCUT2D eigenvalue weighted by atomic mass is 16.6. The predicted octanol–water partition coefficient (Wildman–Crippen LogP) is 1.17. The van der Waals surface area contributed by atoms with E-state index in [4.69, 9.17) is 0 Å². The first-order valence-electron chi connectivity index (χ1n) is 7.07. The van der Waals surface area contributed by atoms with Crippen LogP contribution in [-0.2, 0) is 4.79 Å². The molecule has 1 aliphatic rings. The molecule has 1 heterocycles. The number of hydrogen-bond donors (Lipinski definition) is 1. The monoisotopic (exact) mass is 292 g/mol. The van der Waals surface area contributed by atoms with E-state index < -0.39 is 4.92 Å². The minimum Gasteiger partial charge on any atom is -0.325 e. The van der Waals surface area contributed by atoms with Crippen molar-refractivity contribution in [1.29, 1.82) is 0 Å². The maximum Gasteiger partial charge on any atom is 0.269 e. The summed E-state index contributed by atoms with van der Waals surface area (Å²) >= 11 is 0. The van der Waals surface area contributed by atoms with Gasteiger partial charge in [-0.15, -0.1) is 0 Å². The van der Waals surface area contributed by atoms with E-state index >= 15 is 0 Å². The Labute approximate surface area is 123 Å². The van der Waals surface area contributed by atoms with Gasteiger partial charge in [0.05, 0.1) is 11.5 Å². The van der Waals surface area contributed by atoms with Gasteiger partial charge in [-0.05, 0) is 18.7 Å². The van der Waals surface area contributed by atoms with Crippen molar-refractivity contribution in [2.75, 3.05) is 44.6 Å². The summed E-state index contributed by atoms with van der Waals surface area (Å²) in [6.07, 6.45) is 0. The van der Waals surface area contributed by atoms with Crippen molar-refractivity contribution in [2.24, 2.45) is 0 Å². The SMILES string of the molecule is CCN1CCN(CC(=O)Nc2ccc([N+](=O)[O-])cc2)CC1. The number of anilines is 1. The van der Waals surface area contributed by atoms with Gasteiger partial charge in [-0.25, -0.2) is 0 Å². The second kappa shape index (κ2) is 7.14. The third-order valence-corrected chi connectivity index (χ3v) is 3.64. The second-order valence-electron chi connectivity index (χ2n) is 5.06. The molecule has 21 heavy (non-hydrogen) atoms. The molecule has 1 N–H and O–H groups in total. The lowest BCUT2D eigenvalue weighted by molar-refractivity contribution is -0.384. The summed E-state index contributed by atoms with van der Waals surface area (Å²) in [6, 6.07) is 5.86. The topological polar surface area (TPSA) is 78.7 Å². The van der Waals surface area contributed by atoms with Crippen molar-refractivity contribution in [1.82, 2.24) is 9.80 Å². The Morgan fingerprint density at radius 1 is 1.19 bits per heavy atom. The van der Waals surface area contributed by atoms with Crippen molar-refractivity contribution in [3.63, 3.8) is 0 Å². The Kier molecular flexibility index (Phi) is 5.24. The standard InChI is InChI=1S/C14H20N4O3/c1-2-16-7-9-17(10-8-16)11-14(19)15-12-3-5-13(6-4-12)18(20)21/h3-6H,2,7-11H2,1H3,(H,15,19). The van der Waals surface area contributed by atoms with E-state index in [1.54, 1.807) is 12.1 Å². The number of hydrogen-bond acceptors (Lipinski definition) is 5. The van der Waals surface area contributed by atoms with E-state index in [9.17, 15) is 14.9 Å². The van der Waals surface area contributed by atoms with Crippen molar-refractivity contribution in [2.45, 2.75) is 6.92 Å². The first kappa shape index (κ1) is 15.4. The fraction of sp³-hybridized carbons (Fsp3) is 0.500.